The van der Waals surface area contributed by atoms with Gasteiger partial charge in [0.2, 0.25) is 0 Å². The molecular weight excluding hydrogens is 226 g/mol. The maximum absolute atomic E-state index is 10.9. The molecule has 0 atom stereocenters. The van der Waals surface area contributed by atoms with Crippen molar-refractivity contribution in [3.05, 3.63) is 29.8 Å². The van der Waals surface area contributed by atoms with Gasteiger partial charge in [-0.3, -0.25) is 0 Å². The van der Waals surface area contributed by atoms with Crippen molar-refractivity contribution in [3.63, 3.8) is 0 Å². The Morgan fingerprint density at radius 3 is 2.62 bits per heavy atom. The number of sulfone groups is 1. The van der Waals surface area contributed by atoms with Gasteiger partial charge in [0.25, 0.3) is 0 Å². The number of nitrogens with one attached hydrogen (secondary N) is 1. The molecule has 1 rings (SSSR count). The molecule has 5 heteroatoms. The first-order valence-corrected chi connectivity index (χ1v) is 7.20. The third-order valence-corrected chi connectivity index (χ3v) is 3.21. The molecule has 0 unspecified atom stereocenters. The van der Waals surface area contributed by atoms with E-state index in [4.69, 9.17) is 0 Å². The fourth-order valence-electron chi connectivity index (χ4n) is 1.34. The van der Waals surface area contributed by atoms with E-state index in [9.17, 15) is 13.5 Å². The second-order valence-electron chi connectivity index (χ2n) is 3.79. The summed E-state index contributed by atoms with van der Waals surface area (Å²) in [5.41, 5.74) is 0.821. The lowest BCUT2D eigenvalue weighted by Crippen LogP contribution is -2.17. The predicted octanol–water partition coefficient (Wildman–Crippen LogP) is 0.916. The number of hydrogen-bond donors (Lipinski definition) is 2. The van der Waals surface area contributed by atoms with Crippen LogP contribution in [0.2, 0.25) is 0 Å². The van der Waals surface area contributed by atoms with E-state index in [1.807, 2.05) is 12.1 Å². The maximum Gasteiger partial charge on any atom is 0.147 e. The van der Waals surface area contributed by atoms with Crippen molar-refractivity contribution in [2.24, 2.45) is 0 Å². The molecule has 90 valence electrons. The van der Waals surface area contributed by atoms with Crippen molar-refractivity contribution >= 4 is 9.84 Å². The van der Waals surface area contributed by atoms with E-state index < -0.39 is 9.84 Å². The summed E-state index contributed by atoms with van der Waals surface area (Å²) in [6, 6.07) is 7.09. The SMILES string of the molecule is CS(=O)(=O)CCCNCc1ccccc1O. The number of hydrogen-bond acceptors (Lipinski definition) is 4. The molecule has 1 aromatic rings. The standard InChI is InChI=1S/C11H17NO3S/c1-16(14,15)8-4-7-12-9-10-5-2-3-6-11(10)13/h2-3,5-6,12-13H,4,7-9H2,1H3. The highest BCUT2D eigenvalue weighted by Crippen LogP contribution is 2.14. The lowest BCUT2D eigenvalue weighted by Gasteiger charge is -2.06. The van der Waals surface area contributed by atoms with E-state index in [0.717, 1.165) is 5.56 Å². The molecule has 0 amide bonds. The van der Waals surface area contributed by atoms with Gasteiger partial charge in [0.05, 0.1) is 5.75 Å². The molecule has 2 N–H and O–H groups in total. The number of phenolic OH excluding ortho intramolecular Hbond substituents is 1. The van der Waals surface area contributed by atoms with Crippen LogP contribution in [-0.2, 0) is 16.4 Å². The second-order valence-corrected chi connectivity index (χ2v) is 6.05. The van der Waals surface area contributed by atoms with Gasteiger partial charge in [-0.25, -0.2) is 8.42 Å². The minimum absolute atomic E-state index is 0.195. The molecule has 0 aliphatic rings. The van der Waals surface area contributed by atoms with E-state index in [1.165, 1.54) is 6.26 Å². The minimum atomic E-state index is -2.87. The summed E-state index contributed by atoms with van der Waals surface area (Å²) in [5.74, 6) is 0.457. The highest BCUT2D eigenvalue weighted by atomic mass is 32.2. The van der Waals surface area contributed by atoms with Crippen LogP contribution in [0.15, 0.2) is 24.3 Å². The third-order valence-electron chi connectivity index (χ3n) is 2.18. The largest absolute Gasteiger partial charge is 0.508 e. The summed E-state index contributed by atoms with van der Waals surface area (Å²) in [5, 5.41) is 12.6. The van der Waals surface area contributed by atoms with Crippen LogP contribution in [0.1, 0.15) is 12.0 Å². The molecule has 0 radical (unpaired) electrons. The monoisotopic (exact) mass is 243 g/mol. The normalized spacial score (nSPS) is 11.6. The summed E-state index contributed by atoms with van der Waals surface area (Å²) in [7, 11) is -2.87. The van der Waals surface area contributed by atoms with Crippen LogP contribution in [0.4, 0.5) is 0 Å². The van der Waals surface area contributed by atoms with Gasteiger partial charge in [-0.2, -0.15) is 0 Å². The first-order chi connectivity index (χ1) is 7.49. The number of aromatic hydroxyl groups is 1. The molecule has 0 heterocycles. The molecule has 0 saturated carbocycles. The van der Waals surface area contributed by atoms with Crippen LogP contribution in [0, 0.1) is 0 Å². The van der Waals surface area contributed by atoms with E-state index >= 15 is 0 Å². The quantitative estimate of drug-likeness (QED) is 0.729. The second kappa shape index (κ2) is 5.86. The fourth-order valence-corrected chi connectivity index (χ4v) is 2.01. The van der Waals surface area contributed by atoms with Gasteiger partial charge in [-0.05, 0) is 19.0 Å². The minimum Gasteiger partial charge on any atom is -0.508 e. The molecule has 1 aromatic carbocycles. The molecule has 16 heavy (non-hydrogen) atoms. The summed E-state index contributed by atoms with van der Waals surface area (Å²) in [6.07, 6.45) is 1.82. The molecule has 4 nitrogen and oxygen atoms in total. The fraction of sp³-hybridized carbons (Fsp3) is 0.455. The van der Waals surface area contributed by atoms with Crippen LogP contribution >= 0.6 is 0 Å². The van der Waals surface area contributed by atoms with E-state index in [-0.39, 0.29) is 11.5 Å². The Bertz CT molecular complexity index is 429. The predicted molar refractivity (Wildman–Crippen MR) is 64.1 cm³/mol. The molecule has 0 saturated heterocycles. The molecule has 0 bridgehead atoms. The smallest absolute Gasteiger partial charge is 0.147 e. The van der Waals surface area contributed by atoms with Crippen molar-refractivity contribution in [2.45, 2.75) is 13.0 Å². The van der Waals surface area contributed by atoms with Crippen LogP contribution in [0.25, 0.3) is 0 Å². The third kappa shape index (κ3) is 5.14. The van der Waals surface area contributed by atoms with Gasteiger partial charge in [-0.1, -0.05) is 18.2 Å². The molecule has 0 fully saturated rings. The van der Waals surface area contributed by atoms with Crippen LogP contribution in [0.5, 0.6) is 5.75 Å². The highest BCUT2D eigenvalue weighted by molar-refractivity contribution is 7.90. The first-order valence-electron chi connectivity index (χ1n) is 5.14. The van der Waals surface area contributed by atoms with Crippen LogP contribution in [0.3, 0.4) is 0 Å². The lowest BCUT2D eigenvalue weighted by atomic mass is 10.2. The average Bonchev–Trinajstić information content (AvgIpc) is 2.18. The summed E-state index contributed by atoms with van der Waals surface area (Å²) in [6.45, 7) is 1.18. The topological polar surface area (TPSA) is 66.4 Å². The summed E-state index contributed by atoms with van der Waals surface area (Å²) in [4.78, 5) is 0. The average molecular weight is 243 g/mol. The maximum atomic E-state index is 10.9. The first kappa shape index (κ1) is 13.0. The van der Waals surface area contributed by atoms with E-state index in [2.05, 4.69) is 5.32 Å². The number of para-hydroxylation sites is 1. The van der Waals surface area contributed by atoms with E-state index in [1.54, 1.807) is 12.1 Å². The Labute approximate surface area is 96.2 Å². The Hall–Kier alpha value is -1.07. The van der Waals surface area contributed by atoms with Gasteiger partial charge in [0, 0.05) is 18.4 Å². The number of phenols is 1. The highest BCUT2D eigenvalue weighted by Gasteiger charge is 2.02. The van der Waals surface area contributed by atoms with E-state index in [0.29, 0.717) is 19.5 Å². The Balaban J connectivity index is 2.24. The zero-order valence-electron chi connectivity index (χ0n) is 9.31. The lowest BCUT2D eigenvalue weighted by molar-refractivity contribution is 0.464. The van der Waals surface area contributed by atoms with Gasteiger partial charge in [-0.15, -0.1) is 0 Å². The number of rotatable bonds is 6. The van der Waals surface area contributed by atoms with Crippen molar-refractivity contribution in [2.75, 3.05) is 18.6 Å². The summed E-state index contributed by atoms with van der Waals surface area (Å²) >= 11 is 0. The molecule has 0 aliphatic heterocycles. The zero-order chi connectivity index (χ0) is 12.0. The van der Waals surface area contributed by atoms with Crippen molar-refractivity contribution in [1.29, 1.82) is 0 Å². The molecule has 0 spiro atoms. The van der Waals surface area contributed by atoms with Gasteiger partial charge in [0.1, 0.15) is 15.6 Å². The van der Waals surface area contributed by atoms with Crippen molar-refractivity contribution in [3.8, 4) is 5.75 Å². The van der Waals surface area contributed by atoms with Crippen LogP contribution < -0.4 is 5.32 Å². The zero-order valence-corrected chi connectivity index (χ0v) is 10.1. The molecular formula is C11H17NO3S. The summed E-state index contributed by atoms with van der Waals surface area (Å²) < 4.78 is 21.7. The van der Waals surface area contributed by atoms with Crippen LogP contribution in [-0.4, -0.2) is 32.1 Å². The van der Waals surface area contributed by atoms with Crippen molar-refractivity contribution < 1.29 is 13.5 Å². The molecule has 0 aliphatic carbocycles. The Morgan fingerprint density at radius 1 is 1.31 bits per heavy atom. The molecule has 0 aromatic heterocycles. The van der Waals surface area contributed by atoms with Gasteiger partial charge < -0.3 is 10.4 Å². The number of benzene rings is 1. The van der Waals surface area contributed by atoms with Gasteiger partial charge >= 0.3 is 0 Å². The Kier molecular flexibility index (Phi) is 4.76. The van der Waals surface area contributed by atoms with Gasteiger partial charge in [0.15, 0.2) is 0 Å². The van der Waals surface area contributed by atoms with Crippen molar-refractivity contribution in [1.82, 2.24) is 5.32 Å². The Morgan fingerprint density at radius 2 is 2.00 bits per heavy atom.